The minimum Gasteiger partial charge on any atom is -0.497 e. The van der Waals surface area contributed by atoms with Crippen molar-refractivity contribution in [3.05, 3.63) is 34.2 Å². The zero-order valence-corrected chi connectivity index (χ0v) is 15.7. The molecule has 136 valence electrons. The van der Waals surface area contributed by atoms with E-state index in [4.69, 9.17) is 4.74 Å². The molecule has 3 atom stereocenters. The zero-order chi connectivity index (χ0) is 17.8. The Labute approximate surface area is 150 Å². The summed E-state index contributed by atoms with van der Waals surface area (Å²) in [6, 6.07) is 5.59. The molecule has 1 aromatic heterocycles. The van der Waals surface area contributed by atoms with Gasteiger partial charge in [-0.3, -0.25) is 4.79 Å². The lowest BCUT2D eigenvalue weighted by Gasteiger charge is -2.17. The molecule has 0 bridgehead atoms. The molecule has 25 heavy (non-hydrogen) atoms. The standard InChI is InChI=1S/C21H30N2O2/c1-14-9-10-16(15(14)2)7-5-4-6-8-19-21(24)23-20-13-17(25-3)11-12-18(20)22-19/h11-16H,4-10H2,1-3H3,(H,23,24). The van der Waals surface area contributed by atoms with Crippen molar-refractivity contribution >= 4 is 11.0 Å². The molecule has 2 aromatic rings. The predicted molar refractivity (Wildman–Crippen MR) is 102 cm³/mol. The number of fused-ring (bicyclic) bond motifs is 1. The van der Waals surface area contributed by atoms with Gasteiger partial charge in [0.25, 0.3) is 5.56 Å². The highest BCUT2D eigenvalue weighted by Crippen LogP contribution is 2.39. The van der Waals surface area contributed by atoms with E-state index in [0.29, 0.717) is 5.69 Å². The van der Waals surface area contributed by atoms with Crippen LogP contribution in [-0.4, -0.2) is 17.1 Å². The first-order valence-corrected chi connectivity index (χ1v) is 9.65. The second kappa shape index (κ2) is 8.03. The highest BCUT2D eigenvalue weighted by atomic mass is 16.5. The summed E-state index contributed by atoms with van der Waals surface area (Å²) in [5, 5.41) is 0. The molecule has 1 fully saturated rings. The maximum atomic E-state index is 12.2. The molecule has 1 aromatic carbocycles. The molecule has 3 unspecified atom stereocenters. The van der Waals surface area contributed by atoms with Crippen LogP contribution in [0.1, 0.15) is 58.1 Å². The first kappa shape index (κ1) is 18.0. The van der Waals surface area contributed by atoms with E-state index in [9.17, 15) is 4.79 Å². The van der Waals surface area contributed by atoms with E-state index in [2.05, 4.69) is 23.8 Å². The van der Waals surface area contributed by atoms with Crippen molar-refractivity contribution in [3.8, 4) is 5.75 Å². The van der Waals surface area contributed by atoms with Gasteiger partial charge in [-0.15, -0.1) is 0 Å². The molecule has 0 amide bonds. The largest absolute Gasteiger partial charge is 0.497 e. The minimum absolute atomic E-state index is 0.0704. The van der Waals surface area contributed by atoms with E-state index in [1.807, 2.05) is 18.2 Å². The summed E-state index contributed by atoms with van der Waals surface area (Å²) >= 11 is 0. The van der Waals surface area contributed by atoms with Gasteiger partial charge in [0.15, 0.2) is 0 Å². The fourth-order valence-electron chi connectivity index (χ4n) is 4.15. The van der Waals surface area contributed by atoms with Crippen molar-refractivity contribution in [1.29, 1.82) is 0 Å². The number of aryl methyl sites for hydroxylation is 1. The average Bonchev–Trinajstić information content (AvgIpc) is 2.93. The summed E-state index contributed by atoms with van der Waals surface area (Å²) in [4.78, 5) is 19.7. The van der Waals surface area contributed by atoms with Gasteiger partial charge in [-0.1, -0.05) is 39.5 Å². The van der Waals surface area contributed by atoms with E-state index in [1.165, 1.54) is 32.1 Å². The van der Waals surface area contributed by atoms with Crippen LogP contribution >= 0.6 is 0 Å². The van der Waals surface area contributed by atoms with Crippen molar-refractivity contribution < 1.29 is 4.74 Å². The minimum atomic E-state index is -0.0704. The number of nitrogens with zero attached hydrogens (tertiary/aromatic N) is 1. The quantitative estimate of drug-likeness (QED) is 0.741. The number of hydrogen-bond donors (Lipinski definition) is 1. The summed E-state index contributed by atoms with van der Waals surface area (Å²) in [7, 11) is 1.62. The van der Waals surface area contributed by atoms with Crippen molar-refractivity contribution in [1.82, 2.24) is 9.97 Å². The fraction of sp³-hybridized carbons (Fsp3) is 0.619. The Hall–Kier alpha value is -1.84. The number of ether oxygens (including phenoxy) is 1. The van der Waals surface area contributed by atoms with Crippen molar-refractivity contribution in [2.45, 2.75) is 58.8 Å². The Morgan fingerprint density at radius 2 is 2.04 bits per heavy atom. The Balaban J connectivity index is 1.51. The molecule has 0 spiro atoms. The second-order valence-corrected chi connectivity index (χ2v) is 7.67. The molecule has 3 rings (SSSR count). The number of benzene rings is 1. The molecular weight excluding hydrogens is 312 g/mol. The van der Waals surface area contributed by atoms with Gasteiger partial charge in [0.2, 0.25) is 0 Å². The maximum absolute atomic E-state index is 12.2. The number of aromatic nitrogens is 2. The number of rotatable bonds is 7. The third-order valence-corrected chi connectivity index (χ3v) is 6.09. The third kappa shape index (κ3) is 4.23. The van der Waals surface area contributed by atoms with Crippen molar-refractivity contribution in [2.75, 3.05) is 7.11 Å². The SMILES string of the molecule is COc1ccc2nc(CCCCCC3CCC(C)C3C)c(=O)[nH]c2c1. The van der Waals surface area contributed by atoms with E-state index in [0.717, 1.165) is 47.4 Å². The van der Waals surface area contributed by atoms with Crippen LogP contribution in [0.2, 0.25) is 0 Å². The summed E-state index contributed by atoms with van der Waals surface area (Å²) in [6.07, 6.45) is 8.38. The summed E-state index contributed by atoms with van der Waals surface area (Å²) in [6.45, 7) is 4.80. The van der Waals surface area contributed by atoms with Crippen LogP contribution in [-0.2, 0) is 6.42 Å². The monoisotopic (exact) mass is 342 g/mol. The molecule has 1 aliphatic rings. The zero-order valence-electron chi connectivity index (χ0n) is 15.7. The first-order chi connectivity index (χ1) is 12.1. The number of nitrogens with one attached hydrogen (secondary N) is 1. The molecule has 1 aliphatic carbocycles. The van der Waals surface area contributed by atoms with Gasteiger partial charge in [-0.25, -0.2) is 4.98 Å². The fourth-order valence-corrected chi connectivity index (χ4v) is 4.15. The van der Waals surface area contributed by atoms with Gasteiger partial charge in [0, 0.05) is 6.07 Å². The number of methoxy groups -OCH3 is 1. The van der Waals surface area contributed by atoms with Crippen LogP contribution in [0, 0.1) is 17.8 Å². The lowest BCUT2D eigenvalue weighted by Crippen LogP contribution is -2.15. The lowest BCUT2D eigenvalue weighted by atomic mass is 9.88. The normalized spacial score (nSPS) is 23.2. The Kier molecular flexibility index (Phi) is 5.77. The summed E-state index contributed by atoms with van der Waals surface area (Å²) in [5.41, 5.74) is 2.14. The highest BCUT2D eigenvalue weighted by molar-refractivity contribution is 5.75. The van der Waals surface area contributed by atoms with E-state index in [-0.39, 0.29) is 5.56 Å². The maximum Gasteiger partial charge on any atom is 0.270 e. The predicted octanol–water partition coefficient (Wildman–Crippen LogP) is 4.72. The van der Waals surface area contributed by atoms with Crippen LogP contribution in [0.15, 0.2) is 23.0 Å². The number of hydrogen-bond acceptors (Lipinski definition) is 3. The Morgan fingerprint density at radius 1 is 1.20 bits per heavy atom. The van der Waals surface area contributed by atoms with Gasteiger partial charge in [0.1, 0.15) is 11.4 Å². The van der Waals surface area contributed by atoms with Crippen molar-refractivity contribution in [3.63, 3.8) is 0 Å². The van der Waals surface area contributed by atoms with Crippen LogP contribution in [0.4, 0.5) is 0 Å². The molecule has 4 nitrogen and oxygen atoms in total. The Morgan fingerprint density at radius 3 is 2.76 bits per heavy atom. The van der Waals surface area contributed by atoms with Crippen LogP contribution < -0.4 is 10.3 Å². The van der Waals surface area contributed by atoms with E-state index >= 15 is 0 Å². The first-order valence-electron chi connectivity index (χ1n) is 9.65. The number of H-pyrrole nitrogens is 1. The third-order valence-electron chi connectivity index (χ3n) is 6.09. The topological polar surface area (TPSA) is 55.0 Å². The Bertz CT molecular complexity index is 768. The van der Waals surface area contributed by atoms with Gasteiger partial charge in [-0.05, 0) is 49.1 Å². The van der Waals surface area contributed by atoms with Gasteiger partial charge >= 0.3 is 0 Å². The molecule has 1 heterocycles. The number of aromatic amines is 1. The molecule has 0 saturated heterocycles. The molecule has 1 saturated carbocycles. The number of unbranched alkanes of at least 4 members (excludes halogenated alkanes) is 2. The van der Waals surface area contributed by atoms with Crippen LogP contribution in [0.3, 0.4) is 0 Å². The molecule has 1 N–H and O–H groups in total. The molecule has 4 heteroatoms. The van der Waals surface area contributed by atoms with Crippen LogP contribution in [0.25, 0.3) is 11.0 Å². The molecular formula is C21H30N2O2. The smallest absolute Gasteiger partial charge is 0.270 e. The second-order valence-electron chi connectivity index (χ2n) is 7.67. The lowest BCUT2D eigenvalue weighted by molar-refractivity contribution is 0.330. The molecule has 0 aliphatic heterocycles. The van der Waals surface area contributed by atoms with Gasteiger partial charge < -0.3 is 9.72 Å². The molecule has 0 radical (unpaired) electrons. The van der Waals surface area contributed by atoms with E-state index < -0.39 is 0 Å². The summed E-state index contributed by atoms with van der Waals surface area (Å²) < 4.78 is 5.19. The van der Waals surface area contributed by atoms with E-state index in [1.54, 1.807) is 7.11 Å². The van der Waals surface area contributed by atoms with Crippen LogP contribution in [0.5, 0.6) is 5.75 Å². The average molecular weight is 342 g/mol. The highest BCUT2D eigenvalue weighted by Gasteiger charge is 2.28. The van der Waals surface area contributed by atoms with Gasteiger partial charge in [0.05, 0.1) is 18.1 Å². The summed E-state index contributed by atoms with van der Waals surface area (Å²) in [5.74, 6) is 3.41. The van der Waals surface area contributed by atoms with Gasteiger partial charge in [-0.2, -0.15) is 0 Å². The van der Waals surface area contributed by atoms with Crippen molar-refractivity contribution in [2.24, 2.45) is 17.8 Å².